The Hall–Kier alpha value is -2.50. The van der Waals surface area contributed by atoms with Crippen LogP contribution in [0, 0.1) is 11.2 Å². The summed E-state index contributed by atoms with van der Waals surface area (Å²) >= 11 is 0. The van der Waals surface area contributed by atoms with Crippen LogP contribution in [-0.2, 0) is 0 Å². The van der Waals surface area contributed by atoms with Gasteiger partial charge < -0.3 is 16.9 Å². The lowest BCUT2D eigenvalue weighted by Gasteiger charge is -2.06. The molecule has 17 heavy (non-hydrogen) atoms. The van der Waals surface area contributed by atoms with E-state index in [1.807, 2.05) is 0 Å². The number of rotatable bonds is 2. The van der Waals surface area contributed by atoms with Crippen molar-refractivity contribution in [1.29, 1.82) is 5.41 Å². The topological polar surface area (TPSA) is 102 Å². The molecule has 2 aromatic rings. The molecule has 5 N–H and O–H groups in total. The quantitative estimate of drug-likeness (QED) is 0.678. The SMILES string of the molecule is N=C/C(=C\N)c1cc2c(N)ncnc2cc1F. The van der Waals surface area contributed by atoms with Crippen molar-refractivity contribution in [3.8, 4) is 0 Å². The molecule has 1 aromatic heterocycles. The average Bonchev–Trinajstić information content (AvgIpc) is 2.32. The molecule has 0 aliphatic carbocycles. The molecule has 0 fully saturated rings. The van der Waals surface area contributed by atoms with E-state index < -0.39 is 5.82 Å². The fourth-order valence-corrected chi connectivity index (χ4v) is 1.53. The number of fused-ring (bicyclic) bond motifs is 1. The summed E-state index contributed by atoms with van der Waals surface area (Å²) in [5, 5.41) is 7.69. The van der Waals surface area contributed by atoms with Crippen LogP contribution in [0.5, 0.6) is 0 Å². The Balaban J connectivity index is 2.78. The van der Waals surface area contributed by atoms with E-state index in [1.54, 1.807) is 0 Å². The van der Waals surface area contributed by atoms with Crippen LogP contribution in [0.25, 0.3) is 16.5 Å². The van der Waals surface area contributed by atoms with Crippen LogP contribution in [0.1, 0.15) is 5.56 Å². The van der Waals surface area contributed by atoms with Crippen LogP contribution >= 0.6 is 0 Å². The number of aromatic nitrogens is 2. The monoisotopic (exact) mass is 231 g/mol. The fourth-order valence-electron chi connectivity index (χ4n) is 1.53. The van der Waals surface area contributed by atoms with Crippen molar-refractivity contribution in [3.63, 3.8) is 0 Å². The highest BCUT2D eigenvalue weighted by Gasteiger charge is 2.10. The maximum absolute atomic E-state index is 13.8. The van der Waals surface area contributed by atoms with E-state index in [0.717, 1.165) is 12.4 Å². The molecule has 1 heterocycles. The predicted octanol–water partition coefficient (Wildman–Crippen LogP) is 1.30. The summed E-state index contributed by atoms with van der Waals surface area (Å²) in [6.45, 7) is 0. The lowest BCUT2D eigenvalue weighted by Crippen LogP contribution is -1.98. The number of benzene rings is 1. The van der Waals surface area contributed by atoms with E-state index in [9.17, 15) is 4.39 Å². The van der Waals surface area contributed by atoms with Gasteiger partial charge in [-0.2, -0.15) is 0 Å². The summed E-state index contributed by atoms with van der Waals surface area (Å²) in [4.78, 5) is 7.74. The van der Waals surface area contributed by atoms with E-state index in [-0.39, 0.29) is 17.0 Å². The standard InChI is InChI=1S/C11H10FN5/c12-9-2-10-8(11(15)17-5-16-10)1-7(9)6(3-13)4-14/h1-5,13H,14H2,(H2,15,16,17)/b6-4+,13-3?. The maximum Gasteiger partial charge on any atom is 0.134 e. The zero-order valence-corrected chi connectivity index (χ0v) is 8.81. The highest BCUT2D eigenvalue weighted by atomic mass is 19.1. The number of nitrogens with one attached hydrogen (secondary N) is 1. The van der Waals surface area contributed by atoms with Gasteiger partial charge in [0.2, 0.25) is 0 Å². The molecule has 0 spiro atoms. The second-order valence-corrected chi connectivity index (χ2v) is 3.37. The number of nitrogen functional groups attached to an aromatic ring is 1. The first-order valence-electron chi connectivity index (χ1n) is 4.80. The Morgan fingerprint density at radius 3 is 2.76 bits per heavy atom. The van der Waals surface area contributed by atoms with Crippen LogP contribution < -0.4 is 11.5 Å². The first-order valence-corrected chi connectivity index (χ1v) is 4.80. The van der Waals surface area contributed by atoms with E-state index >= 15 is 0 Å². The Bertz CT molecular complexity index is 621. The molecular weight excluding hydrogens is 221 g/mol. The van der Waals surface area contributed by atoms with Crippen LogP contribution in [0.2, 0.25) is 0 Å². The van der Waals surface area contributed by atoms with Gasteiger partial charge in [0.05, 0.1) is 5.52 Å². The predicted molar refractivity (Wildman–Crippen MR) is 64.9 cm³/mol. The number of nitrogens with two attached hydrogens (primary N) is 2. The first-order chi connectivity index (χ1) is 8.17. The summed E-state index contributed by atoms with van der Waals surface area (Å²) in [5.74, 6) is -0.242. The van der Waals surface area contributed by atoms with Gasteiger partial charge >= 0.3 is 0 Å². The van der Waals surface area contributed by atoms with Crippen molar-refractivity contribution in [2.45, 2.75) is 0 Å². The minimum absolute atomic E-state index is 0.205. The zero-order chi connectivity index (χ0) is 12.4. The van der Waals surface area contributed by atoms with Crippen molar-refractivity contribution in [2.75, 3.05) is 5.73 Å². The van der Waals surface area contributed by atoms with Crippen molar-refractivity contribution in [2.24, 2.45) is 5.73 Å². The fraction of sp³-hybridized carbons (Fsp3) is 0. The van der Waals surface area contributed by atoms with E-state index in [4.69, 9.17) is 16.9 Å². The summed E-state index contributed by atoms with van der Waals surface area (Å²) in [5.41, 5.74) is 11.9. The molecule has 0 aliphatic rings. The van der Waals surface area contributed by atoms with Crippen molar-refractivity contribution in [3.05, 3.63) is 36.0 Å². The van der Waals surface area contributed by atoms with Gasteiger partial charge in [-0.25, -0.2) is 14.4 Å². The van der Waals surface area contributed by atoms with Crippen LogP contribution in [0.3, 0.4) is 0 Å². The largest absolute Gasteiger partial charge is 0.404 e. The Morgan fingerprint density at radius 2 is 2.12 bits per heavy atom. The molecule has 86 valence electrons. The molecule has 0 amide bonds. The van der Waals surface area contributed by atoms with E-state index in [1.165, 1.54) is 18.5 Å². The van der Waals surface area contributed by atoms with E-state index in [0.29, 0.717) is 10.9 Å². The summed E-state index contributed by atoms with van der Waals surface area (Å²) in [6, 6.07) is 2.74. The number of allylic oxidation sites excluding steroid dienone is 1. The molecule has 6 heteroatoms. The van der Waals surface area contributed by atoms with Gasteiger partial charge in [0.25, 0.3) is 0 Å². The van der Waals surface area contributed by atoms with Gasteiger partial charge in [0.15, 0.2) is 0 Å². The lowest BCUT2D eigenvalue weighted by atomic mass is 10.0. The number of halogens is 1. The van der Waals surface area contributed by atoms with Gasteiger partial charge in [0.1, 0.15) is 18.0 Å². The summed E-state index contributed by atoms with van der Waals surface area (Å²) in [6.07, 6.45) is 3.41. The highest BCUT2D eigenvalue weighted by molar-refractivity contribution is 6.09. The third-order valence-electron chi connectivity index (χ3n) is 2.40. The molecule has 0 bridgehead atoms. The van der Waals surface area contributed by atoms with Crippen molar-refractivity contribution >= 4 is 28.5 Å². The third-order valence-corrected chi connectivity index (χ3v) is 2.40. The molecule has 0 atom stereocenters. The Labute approximate surface area is 96.5 Å². The van der Waals surface area contributed by atoms with Gasteiger partial charge in [0, 0.05) is 35.0 Å². The average molecular weight is 231 g/mol. The number of nitrogens with zero attached hydrogens (tertiary/aromatic N) is 2. The molecular formula is C11H10FN5. The molecule has 0 saturated heterocycles. The van der Waals surface area contributed by atoms with Crippen molar-refractivity contribution < 1.29 is 4.39 Å². The molecule has 0 unspecified atom stereocenters. The molecule has 0 aliphatic heterocycles. The molecule has 0 saturated carbocycles. The highest BCUT2D eigenvalue weighted by Crippen LogP contribution is 2.24. The molecule has 5 nitrogen and oxygen atoms in total. The molecule has 0 radical (unpaired) electrons. The minimum atomic E-state index is -0.504. The minimum Gasteiger partial charge on any atom is -0.404 e. The number of hydrogen-bond acceptors (Lipinski definition) is 5. The number of anilines is 1. The zero-order valence-electron chi connectivity index (χ0n) is 8.81. The Kier molecular flexibility index (Phi) is 2.70. The second kappa shape index (κ2) is 4.17. The van der Waals surface area contributed by atoms with Crippen molar-refractivity contribution in [1.82, 2.24) is 9.97 Å². The van der Waals surface area contributed by atoms with Gasteiger partial charge in [-0.05, 0) is 6.07 Å². The third kappa shape index (κ3) is 1.80. The van der Waals surface area contributed by atoms with Crippen LogP contribution in [-0.4, -0.2) is 16.2 Å². The van der Waals surface area contributed by atoms with Crippen LogP contribution in [0.4, 0.5) is 10.2 Å². The number of hydrogen-bond donors (Lipinski definition) is 3. The normalized spacial score (nSPS) is 11.7. The van der Waals surface area contributed by atoms with E-state index in [2.05, 4.69) is 9.97 Å². The molecule has 2 rings (SSSR count). The van der Waals surface area contributed by atoms with Gasteiger partial charge in [-0.1, -0.05) is 0 Å². The Morgan fingerprint density at radius 1 is 1.35 bits per heavy atom. The summed E-state index contributed by atoms with van der Waals surface area (Å²) in [7, 11) is 0. The maximum atomic E-state index is 13.8. The lowest BCUT2D eigenvalue weighted by molar-refractivity contribution is 0.626. The second-order valence-electron chi connectivity index (χ2n) is 3.37. The van der Waals surface area contributed by atoms with Crippen LogP contribution in [0.15, 0.2) is 24.7 Å². The first kappa shape index (κ1) is 11.0. The summed E-state index contributed by atoms with van der Waals surface area (Å²) < 4.78 is 13.8. The smallest absolute Gasteiger partial charge is 0.134 e. The molecule has 1 aromatic carbocycles. The van der Waals surface area contributed by atoms with Gasteiger partial charge in [-0.15, -0.1) is 0 Å². The van der Waals surface area contributed by atoms with Gasteiger partial charge in [-0.3, -0.25) is 0 Å².